The first-order valence-electron chi connectivity index (χ1n) is 7.30. The second-order valence-electron chi connectivity index (χ2n) is 5.12. The van der Waals surface area contributed by atoms with E-state index in [1.165, 1.54) is 25.7 Å². The third-order valence-electron chi connectivity index (χ3n) is 3.57. The van der Waals surface area contributed by atoms with E-state index in [-0.39, 0.29) is 5.91 Å². The van der Waals surface area contributed by atoms with Gasteiger partial charge >= 0.3 is 0 Å². The summed E-state index contributed by atoms with van der Waals surface area (Å²) in [7, 11) is 0. The fourth-order valence-corrected chi connectivity index (χ4v) is 2.51. The van der Waals surface area contributed by atoms with Gasteiger partial charge in [0.25, 0.3) is 5.91 Å². The van der Waals surface area contributed by atoms with E-state index in [9.17, 15) is 4.79 Å². The smallest absolute Gasteiger partial charge is 0.253 e. The molecule has 19 heavy (non-hydrogen) atoms. The van der Waals surface area contributed by atoms with Gasteiger partial charge < -0.3 is 10.6 Å². The molecule has 0 spiro atoms. The van der Waals surface area contributed by atoms with Crippen LogP contribution in [0.1, 0.15) is 55.8 Å². The summed E-state index contributed by atoms with van der Waals surface area (Å²) in [5.74, 6) is 0.816. The van der Waals surface area contributed by atoms with E-state index >= 15 is 0 Å². The Bertz CT molecular complexity index is 394. The number of amides is 1. The van der Waals surface area contributed by atoms with E-state index in [0.717, 1.165) is 25.2 Å². The highest BCUT2D eigenvalue weighted by Gasteiger charge is 2.15. The van der Waals surface area contributed by atoms with Crippen LogP contribution in [0.25, 0.3) is 0 Å². The van der Waals surface area contributed by atoms with E-state index in [2.05, 4.69) is 15.6 Å². The number of nitrogens with zero attached hydrogens (tertiary/aromatic N) is 1. The van der Waals surface area contributed by atoms with Crippen molar-refractivity contribution in [2.45, 2.75) is 51.5 Å². The number of hydrogen-bond acceptors (Lipinski definition) is 3. The van der Waals surface area contributed by atoms with Gasteiger partial charge in [0.15, 0.2) is 0 Å². The molecule has 0 aliphatic heterocycles. The van der Waals surface area contributed by atoms with Gasteiger partial charge in [-0.2, -0.15) is 0 Å². The Hall–Kier alpha value is -1.58. The minimum absolute atomic E-state index is 0.00227. The lowest BCUT2D eigenvalue weighted by Crippen LogP contribution is -2.34. The van der Waals surface area contributed by atoms with Crippen molar-refractivity contribution < 1.29 is 4.79 Å². The van der Waals surface area contributed by atoms with Crippen LogP contribution in [0, 0.1) is 0 Å². The molecular weight excluding hydrogens is 238 g/mol. The Labute approximate surface area is 115 Å². The fraction of sp³-hybridized carbons (Fsp3) is 0.600. The van der Waals surface area contributed by atoms with Crippen molar-refractivity contribution in [3.8, 4) is 0 Å². The molecule has 1 aromatic rings. The topological polar surface area (TPSA) is 54.0 Å². The predicted molar refractivity (Wildman–Crippen MR) is 77.4 cm³/mol. The summed E-state index contributed by atoms with van der Waals surface area (Å²) in [5.41, 5.74) is 0.644. The SMILES string of the molecule is CCNc1ccc(C(=O)NC2CCCCCC2)cn1. The lowest BCUT2D eigenvalue weighted by atomic mass is 10.1. The van der Waals surface area contributed by atoms with Crippen LogP contribution in [-0.4, -0.2) is 23.5 Å². The highest BCUT2D eigenvalue weighted by molar-refractivity contribution is 5.94. The largest absolute Gasteiger partial charge is 0.370 e. The van der Waals surface area contributed by atoms with Crippen LogP contribution in [0.5, 0.6) is 0 Å². The van der Waals surface area contributed by atoms with Crippen molar-refractivity contribution in [2.75, 3.05) is 11.9 Å². The van der Waals surface area contributed by atoms with Crippen LogP contribution in [0.3, 0.4) is 0 Å². The summed E-state index contributed by atoms with van der Waals surface area (Å²) in [4.78, 5) is 16.4. The highest BCUT2D eigenvalue weighted by atomic mass is 16.1. The molecule has 0 aromatic carbocycles. The summed E-state index contributed by atoms with van der Waals surface area (Å²) < 4.78 is 0. The van der Waals surface area contributed by atoms with E-state index in [1.807, 2.05) is 19.1 Å². The summed E-state index contributed by atoms with van der Waals surface area (Å²) >= 11 is 0. The van der Waals surface area contributed by atoms with Gasteiger partial charge in [0.05, 0.1) is 5.56 Å². The highest BCUT2D eigenvalue weighted by Crippen LogP contribution is 2.17. The molecule has 104 valence electrons. The van der Waals surface area contributed by atoms with Gasteiger partial charge in [0, 0.05) is 18.8 Å². The Kier molecular flexibility index (Phi) is 5.19. The van der Waals surface area contributed by atoms with Gasteiger partial charge in [-0.3, -0.25) is 4.79 Å². The Morgan fingerprint density at radius 1 is 1.26 bits per heavy atom. The molecule has 0 saturated heterocycles. The average Bonchev–Trinajstić information content (AvgIpc) is 2.68. The Balaban J connectivity index is 1.91. The molecule has 4 nitrogen and oxygen atoms in total. The number of carbonyl (C=O) groups is 1. The van der Waals surface area contributed by atoms with E-state index in [4.69, 9.17) is 0 Å². The first-order valence-corrected chi connectivity index (χ1v) is 7.30. The van der Waals surface area contributed by atoms with Gasteiger partial charge in [0.2, 0.25) is 0 Å². The van der Waals surface area contributed by atoms with Crippen LogP contribution in [0.15, 0.2) is 18.3 Å². The second kappa shape index (κ2) is 7.12. The van der Waals surface area contributed by atoms with Gasteiger partial charge in [-0.05, 0) is 31.9 Å². The maximum atomic E-state index is 12.1. The van der Waals surface area contributed by atoms with Crippen LogP contribution < -0.4 is 10.6 Å². The molecule has 1 fully saturated rings. The van der Waals surface area contributed by atoms with Gasteiger partial charge in [-0.1, -0.05) is 25.7 Å². The summed E-state index contributed by atoms with van der Waals surface area (Å²) in [6.07, 6.45) is 8.90. The molecule has 1 saturated carbocycles. The first-order chi connectivity index (χ1) is 9.29. The number of nitrogens with one attached hydrogen (secondary N) is 2. The zero-order valence-corrected chi connectivity index (χ0v) is 11.6. The molecule has 0 radical (unpaired) electrons. The average molecular weight is 261 g/mol. The molecule has 0 bridgehead atoms. The summed E-state index contributed by atoms with van der Waals surface area (Å²) in [6, 6.07) is 4.02. The molecule has 0 unspecified atom stereocenters. The third-order valence-corrected chi connectivity index (χ3v) is 3.57. The molecule has 1 heterocycles. The number of carbonyl (C=O) groups excluding carboxylic acids is 1. The van der Waals surface area contributed by atoms with Crippen LogP contribution in [0.4, 0.5) is 5.82 Å². The van der Waals surface area contributed by atoms with Crippen molar-refractivity contribution in [1.82, 2.24) is 10.3 Å². The first kappa shape index (κ1) is 13.8. The van der Waals surface area contributed by atoms with Crippen LogP contribution in [-0.2, 0) is 0 Å². The third kappa shape index (κ3) is 4.23. The van der Waals surface area contributed by atoms with Crippen molar-refractivity contribution in [3.05, 3.63) is 23.9 Å². The Morgan fingerprint density at radius 2 is 2.00 bits per heavy atom. The standard InChI is InChI=1S/C15H23N3O/c1-2-16-14-10-9-12(11-17-14)15(19)18-13-7-5-3-4-6-8-13/h9-11,13H,2-8H2,1H3,(H,16,17)(H,18,19). The minimum atomic E-state index is 0.00227. The van der Waals surface area contributed by atoms with Crippen molar-refractivity contribution in [3.63, 3.8) is 0 Å². The lowest BCUT2D eigenvalue weighted by Gasteiger charge is -2.16. The normalized spacial score (nSPS) is 16.7. The van der Waals surface area contributed by atoms with Gasteiger partial charge in [0.1, 0.15) is 5.82 Å². The van der Waals surface area contributed by atoms with Gasteiger partial charge in [-0.15, -0.1) is 0 Å². The molecule has 0 atom stereocenters. The number of aromatic nitrogens is 1. The number of hydrogen-bond donors (Lipinski definition) is 2. The number of anilines is 1. The van der Waals surface area contributed by atoms with Gasteiger partial charge in [-0.25, -0.2) is 4.98 Å². The maximum absolute atomic E-state index is 12.1. The zero-order chi connectivity index (χ0) is 13.5. The molecule has 2 N–H and O–H groups in total. The van der Waals surface area contributed by atoms with Crippen LogP contribution >= 0.6 is 0 Å². The molecule has 4 heteroatoms. The summed E-state index contributed by atoms with van der Waals surface area (Å²) in [6.45, 7) is 2.86. The predicted octanol–water partition coefficient (Wildman–Crippen LogP) is 2.97. The van der Waals surface area contributed by atoms with Crippen molar-refractivity contribution >= 4 is 11.7 Å². The molecule has 1 aliphatic carbocycles. The summed E-state index contributed by atoms with van der Waals surface area (Å²) in [5, 5.41) is 6.25. The molecule has 1 amide bonds. The van der Waals surface area contributed by atoms with Crippen molar-refractivity contribution in [1.29, 1.82) is 0 Å². The lowest BCUT2D eigenvalue weighted by molar-refractivity contribution is 0.0933. The maximum Gasteiger partial charge on any atom is 0.253 e. The van der Waals surface area contributed by atoms with E-state index in [1.54, 1.807) is 6.20 Å². The van der Waals surface area contributed by atoms with Crippen molar-refractivity contribution in [2.24, 2.45) is 0 Å². The monoisotopic (exact) mass is 261 g/mol. The molecule has 1 aromatic heterocycles. The number of rotatable bonds is 4. The van der Waals surface area contributed by atoms with Crippen LogP contribution in [0.2, 0.25) is 0 Å². The number of pyridine rings is 1. The fourth-order valence-electron chi connectivity index (χ4n) is 2.51. The molecule has 2 rings (SSSR count). The Morgan fingerprint density at radius 3 is 2.58 bits per heavy atom. The molecular formula is C15H23N3O. The molecule has 1 aliphatic rings. The van der Waals surface area contributed by atoms with E-state index in [0.29, 0.717) is 11.6 Å². The van der Waals surface area contributed by atoms with E-state index < -0.39 is 0 Å². The zero-order valence-electron chi connectivity index (χ0n) is 11.6. The quantitative estimate of drug-likeness (QED) is 0.819. The minimum Gasteiger partial charge on any atom is -0.370 e. The second-order valence-corrected chi connectivity index (χ2v) is 5.12.